The molecule has 0 bridgehead atoms. The van der Waals surface area contributed by atoms with Crippen LogP contribution in [-0.2, 0) is 16.0 Å². The van der Waals surface area contributed by atoms with Gasteiger partial charge in [0.15, 0.2) is 0 Å². The van der Waals surface area contributed by atoms with Gasteiger partial charge in [-0.25, -0.2) is 0 Å². The van der Waals surface area contributed by atoms with Gasteiger partial charge in [-0.15, -0.1) is 0 Å². The molecular weight excluding hydrogens is 254 g/mol. The van der Waals surface area contributed by atoms with Crippen LogP contribution in [0.1, 0.15) is 19.4 Å². The standard InChI is InChI=1S/C15H23N3O2/c1-3-17-14(19)11(2)18-15(20)13(10-16)9-12-7-5-4-6-8-12/h4-8,11,13H,3,9-10,16H2,1-2H3,(H,17,19)(H,18,20). The average Bonchev–Trinajstić information content (AvgIpc) is 2.45. The lowest BCUT2D eigenvalue weighted by Gasteiger charge is -2.18. The van der Waals surface area contributed by atoms with Gasteiger partial charge in [0.1, 0.15) is 6.04 Å². The molecule has 0 heterocycles. The van der Waals surface area contributed by atoms with Crippen LogP contribution in [0.5, 0.6) is 0 Å². The van der Waals surface area contributed by atoms with Gasteiger partial charge in [-0.2, -0.15) is 0 Å². The van der Waals surface area contributed by atoms with Gasteiger partial charge in [0.05, 0.1) is 5.92 Å². The molecule has 0 spiro atoms. The van der Waals surface area contributed by atoms with Gasteiger partial charge < -0.3 is 16.4 Å². The quantitative estimate of drug-likeness (QED) is 0.676. The molecule has 0 radical (unpaired) electrons. The van der Waals surface area contributed by atoms with E-state index in [-0.39, 0.29) is 24.3 Å². The van der Waals surface area contributed by atoms with Crippen LogP contribution in [0.4, 0.5) is 0 Å². The molecule has 1 rings (SSSR count). The summed E-state index contributed by atoms with van der Waals surface area (Å²) in [6.45, 7) is 4.30. The van der Waals surface area contributed by atoms with Crippen molar-refractivity contribution in [2.45, 2.75) is 26.3 Å². The highest BCUT2D eigenvalue weighted by molar-refractivity contribution is 5.88. The van der Waals surface area contributed by atoms with Crippen molar-refractivity contribution in [3.8, 4) is 0 Å². The third kappa shape index (κ3) is 5.01. The Bertz CT molecular complexity index is 434. The Morgan fingerprint density at radius 3 is 2.40 bits per heavy atom. The van der Waals surface area contributed by atoms with Crippen molar-refractivity contribution >= 4 is 11.8 Å². The molecule has 2 amide bonds. The maximum Gasteiger partial charge on any atom is 0.242 e. The number of likely N-dealkylation sites (N-methyl/N-ethyl adjacent to an activating group) is 1. The lowest BCUT2D eigenvalue weighted by atomic mass is 9.98. The molecular formula is C15H23N3O2. The number of rotatable bonds is 7. The Morgan fingerprint density at radius 2 is 1.85 bits per heavy atom. The number of hydrogen-bond donors (Lipinski definition) is 3. The van der Waals surface area contributed by atoms with Crippen LogP contribution in [0.25, 0.3) is 0 Å². The molecule has 5 nitrogen and oxygen atoms in total. The van der Waals surface area contributed by atoms with Crippen molar-refractivity contribution in [3.63, 3.8) is 0 Å². The Labute approximate surface area is 119 Å². The van der Waals surface area contributed by atoms with Crippen molar-refractivity contribution in [1.82, 2.24) is 10.6 Å². The number of nitrogens with one attached hydrogen (secondary N) is 2. The van der Waals surface area contributed by atoms with Crippen LogP contribution < -0.4 is 16.4 Å². The fraction of sp³-hybridized carbons (Fsp3) is 0.467. The number of carbonyl (C=O) groups is 2. The number of hydrogen-bond acceptors (Lipinski definition) is 3. The maximum absolute atomic E-state index is 12.1. The Hall–Kier alpha value is -1.88. The fourth-order valence-corrected chi connectivity index (χ4v) is 1.91. The predicted molar refractivity (Wildman–Crippen MR) is 79.0 cm³/mol. The normalized spacial score (nSPS) is 13.3. The smallest absolute Gasteiger partial charge is 0.242 e. The summed E-state index contributed by atoms with van der Waals surface area (Å²) in [5.74, 6) is -0.694. The zero-order valence-corrected chi connectivity index (χ0v) is 12.1. The number of nitrogens with two attached hydrogens (primary N) is 1. The second kappa shape index (κ2) is 8.32. The SMILES string of the molecule is CCNC(=O)C(C)NC(=O)C(CN)Cc1ccccc1. The first-order valence-electron chi connectivity index (χ1n) is 6.90. The first kappa shape index (κ1) is 16.2. The summed E-state index contributed by atoms with van der Waals surface area (Å²) < 4.78 is 0. The third-order valence-corrected chi connectivity index (χ3v) is 3.08. The molecule has 0 fully saturated rings. The Balaban J connectivity index is 2.57. The van der Waals surface area contributed by atoms with Gasteiger partial charge in [-0.05, 0) is 25.8 Å². The summed E-state index contributed by atoms with van der Waals surface area (Å²) in [5, 5.41) is 5.38. The molecule has 110 valence electrons. The van der Waals surface area contributed by atoms with E-state index in [1.165, 1.54) is 0 Å². The van der Waals surface area contributed by atoms with E-state index in [0.29, 0.717) is 13.0 Å². The first-order chi connectivity index (χ1) is 9.58. The number of benzene rings is 1. The third-order valence-electron chi connectivity index (χ3n) is 3.08. The maximum atomic E-state index is 12.1. The molecule has 1 aromatic carbocycles. The topological polar surface area (TPSA) is 84.2 Å². The highest BCUT2D eigenvalue weighted by Gasteiger charge is 2.21. The van der Waals surface area contributed by atoms with Gasteiger partial charge in [-0.1, -0.05) is 30.3 Å². The van der Waals surface area contributed by atoms with Crippen LogP contribution >= 0.6 is 0 Å². The van der Waals surface area contributed by atoms with Crippen LogP contribution in [0, 0.1) is 5.92 Å². The van der Waals surface area contributed by atoms with Crippen LogP contribution in [0.15, 0.2) is 30.3 Å². The molecule has 4 N–H and O–H groups in total. The minimum atomic E-state index is -0.549. The van der Waals surface area contributed by atoms with Crippen LogP contribution in [0.3, 0.4) is 0 Å². The van der Waals surface area contributed by atoms with E-state index in [9.17, 15) is 9.59 Å². The molecule has 0 saturated carbocycles. The van der Waals surface area contributed by atoms with E-state index in [4.69, 9.17) is 5.73 Å². The average molecular weight is 277 g/mol. The van der Waals surface area contributed by atoms with Crippen molar-refractivity contribution in [3.05, 3.63) is 35.9 Å². The number of amides is 2. The van der Waals surface area contributed by atoms with E-state index in [1.807, 2.05) is 37.3 Å². The second-order valence-electron chi connectivity index (χ2n) is 4.75. The molecule has 5 heteroatoms. The molecule has 2 atom stereocenters. The van der Waals surface area contributed by atoms with Gasteiger partial charge in [0, 0.05) is 13.1 Å². The highest BCUT2D eigenvalue weighted by Crippen LogP contribution is 2.08. The van der Waals surface area contributed by atoms with Crippen molar-refractivity contribution < 1.29 is 9.59 Å². The molecule has 1 aromatic rings. The summed E-state index contributed by atoms with van der Waals surface area (Å²) in [6, 6.07) is 9.16. The minimum Gasteiger partial charge on any atom is -0.355 e. The lowest BCUT2D eigenvalue weighted by molar-refractivity contribution is -0.130. The largest absolute Gasteiger partial charge is 0.355 e. The van der Waals surface area contributed by atoms with E-state index in [1.54, 1.807) is 6.92 Å². The zero-order chi connectivity index (χ0) is 15.0. The zero-order valence-electron chi connectivity index (χ0n) is 12.1. The summed E-state index contributed by atoms with van der Waals surface area (Å²) in [7, 11) is 0. The van der Waals surface area contributed by atoms with Crippen molar-refractivity contribution in [2.24, 2.45) is 11.7 Å². The van der Waals surface area contributed by atoms with Crippen molar-refractivity contribution in [1.29, 1.82) is 0 Å². The predicted octanol–water partition coefficient (Wildman–Crippen LogP) is 0.445. The van der Waals surface area contributed by atoms with Gasteiger partial charge >= 0.3 is 0 Å². The molecule has 0 aromatic heterocycles. The highest BCUT2D eigenvalue weighted by atomic mass is 16.2. The van der Waals surface area contributed by atoms with Crippen LogP contribution in [-0.4, -0.2) is 30.9 Å². The van der Waals surface area contributed by atoms with E-state index >= 15 is 0 Å². The molecule has 20 heavy (non-hydrogen) atoms. The first-order valence-corrected chi connectivity index (χ1v) is 6.90. The summed E-state index contributed by atoms with van der Waals surface area (Å²) in [4.78, 5) is 23.7. The fourth-order valence-electron chi connectivity index (χ4n) is 1.91. The molecule has 0 aliphatic carbocycles. The van der Waals surface area contributed by atoms with Crippen LogP contribution in [0.2, 0.25) is 0 Å². The molecule has 2 unspecified atom stereocenters. The van der Waals surface area contributed by atoms with E-state index in [0.717, 1.165) is 5.56 Å². The van der Waals surface area contributed by atoms with Crippen molar-refractivity contribution in [2.75, 3.05) is 13.1 Å². The molecule has 0 aliphatic rings. The van der Waals surface area contributed by atoms with E-state index < -0.39 is 6.04 Å². The Morgan fingerprint density at radius 1 is 1.20 bits per heavy atom. The van der Waals surface area contributed by atoms with Gasteiger partial charge in [0.2, 0.25) is 11.8 Å². The second-order valence-corrected chi connectivity index (χ2v) is 4.75. The summed E-state index contributed by atoms with van der Waals surface area (Å²) in [6.07, 6.45) is 0.575. The monoisotopic (exact) mass is 277 g/mol. The summed E-state index contributed by atoms with van der Waals surface area (Å²) in [5.41, 5.74) is 6.73. The van der Waals surface area contributed by atoms with E-state index in [2.05, 4.69) is 10.6 Å². The minimum absolute atomic E-state index is 0.184. The lowest BCUT2D eigenvalue weighted by Crippen LogP contribution is -2.48. The van der Waals surface area contributed by atoms with Gasteiger partial charge in [-0.3, -0.25) is 9.59 Å². The summed E-state index contributed by atoms with van der Waals surface area (Å²) >= 11 is 0. The Kier molecular flexibility index (Phi) is 6.73. The number of carbonyl (C=O) groups excluding carboxylic acids is 2. The molecule has 0 aliphatic heterocycles. The molecule has 0 saturated heterocycles. The van der Waals surface area contributed by atoms with Gasteiger partial charge in [0.25, 0.3) is 0 Å².